The molecule has 0 aliphatic heterocycles. The Morgan fingerprint density at radius 1 is 1.33 bits per heavy atom. The summed E-state index contributed by atoms with van der Waals surface area (Å²) in [5.41, 5.74) is 7.06. The first-order valence-corrected chi connectivity index (χ1v) is 8.94. The quantitative estimate of drug-likeness (QED) is 0.785. The second kappa shape index (κ2) is 6.77. The lowest BCUT2D eigenvalue weighted by Gasteiger charge is -2.24. The minimum Gasteiger partial charge on any atom is -0.398 e. The molecule has 0 aromatic heterocycles. The molecule has 0 bridgehead atoms. The predicted octanol–water partition coefficient (Wildman–Crippen LogP) is 1.73. The van der Waals surface area contributed by atoms with Gasteiger partial charge in [0.2, 0.25) is 10.0 Å². The highest BCUT2D eigenvalue weighted by atomic mass is 32.2. The molecular formula is C15H25N3O2S. The van der Waals surface area contributed by atoms with E-state index in [9.17, 15) is 8.42 Å². The Labute approximate surface area is 127 Å². The fourth-order valence-electron chi connectivity index (χ4n) is 2.87. The molecule has 1 saturated carbocycles. The number of aryl methyl sites for hydroxylation is 1. The maximum Gasteiger partial charge on any atom is 0.242 e. The maximum atomic E-state index is 12.3. The average molecular weight is 311 g/mol. The van der Waals surface area contributed by atoms with Gasteiger partial charge in [0.25, 0.3) is 0 Å². The first kappa shape index (κ1) is 16.3. The molecule has 3 N–H and O–H groups in total. The van der Waals surface area contributed by atoms with E-state index >= 15 is 0 Å². The number of rotatable bonds is 6. The molecule has 1 aromatic rings. The zero-order chi connectivity index (χ0) is 15.5. The van der Waals surface area contributed by atoms with Crippen LogP contribution in [0, 0.1) is 6.92 Å². The van der Waals surface area contributed by atoms with Gasteiger partial charge in [-0.3, -0.25) is 0 Å². The number of sulfonamides is 1. The molecular weight excluding hydrogens is 286 g/mol. The Morgan fingerprint density at radius 2 is 2.00 bits per heavy atom. The standard InChI is InChI=1S/C15H25N3O2S/c1-12-7-8-15(14(16)11-12)21(19,20)17-9-10-18(2)13-5-3-4-6-13/h7-8,11,13,17H,3-6,9-10,16H2,1-2H3. The van der Waals surface area contributed by atoms with Gasteiger partial charge in [0.05, 0.1) is 5.69 Å². The highest BCUT2D eigenvalue weighted by molar-refractivity contribution is 7.89. The third-order valence-electron chi connectivity index (χ3n) is 4.16. The van der Waals surface area contributed by atoms with Gasteiger partial charge in [-0.05, 0) is 44.5 Å². The number of nitrogens with zero attached hydrogens (tertiary/aromatic N) is 1. The van der Waals surface area contributed by atoms with Crippen LogP contribution in [0.1, 0.15) is 31.2 Å². The van der Waals surface area contributed by atoms with E-state index in [0.29, 0.717) is 18.3 Å². The molecule has 0 heterocycles. The van der Waals surface area contributed by atoms with E-state index < -0.39 is 10.0 Å². The molecule has 0 spiro atoms. The fraction of sp³-hybridized carbons (Fsp3) is 0.600. The zero-order valence-corrected chi connectivity index (χ0v) is 13.6. The van der Waals surface area contributed by atoms with Crippen molar-refractivity contribution >= 4 is 15.7 Å². The number of likely N-dealkylation sites (N-methyl/N-ethyl adjacent to an activating group) is 1. The van der Waals surface area contributed by atoms with E-state index in [1.54, 1.807) is 18.2 Å². The SMILES string of the molecule is Cc1ccc(S(=O)(=O)NCCN(C)C2CCCC2)c(N)c1. The van der Waals surface area contributed by atoms with Gasteiger partial charge in [0.15, 0.2) is 0 Å². The molecule has 1 fully saturated rings. The number of benzene rings is 1. The predicted molar refractivity (Wildman–Crippen MR) is 85.7 cm³/mol. The second-order valence-electron chi connectivity index (χ2n) is 5.86. The molecule has 1 aliphatic carbocycles. The van der Waals surface area contributed by atoms with Crippen molar-refractivity contribution in [1.29, 1.82) is 0 Å². The second-order valence-corrected chi connectivity index (χ2v) is 7.59. The number of anilines is 1. The summed E-state index contributed by atoms with van der Waals surface area (Å²) >= 11 is 0. The van der Waals surface area contributed by atoms with Crippen molar-refractivity contribution in [3.8, 4) is 0 Å². The summed E-state index contributed by atoms with van der Waals surface area (Å²) in [6, 6.07) is 5.60. The first-order chi connectivity index (χ1) is 9.90. The lowest BCUT2D eigenvalue weighted by molar-refractivity contribution is 0.250. The van der Waals surface area contributed by atoms with Crippen LogP contribution in [0.2, 0.25) is 0 Å². The normalized spacial score (nSPS) is 16.7. The number of nitrogens with one attached hydrogen (secondary N) is 1. The lowest BCUT2D eigenvalue weighted by Crippen LogP contribution is -2.37. The van der Waals surface area contributed by atoms with E-state index in [1.807, 2.05) is 6.92 Å². The van der Waals surface area contributed by atoms with E-state index in [1.165, 1.54) is 25.7 Å². The van der Waals surface area contributed by atoms with Crippen molar-refractivity contribution in [3.05, 3.63) is 23.8 Å². The van der Waals surface area contributed by atoms with Crippen molar-refractivity contribution in [2.75, 3.05) is 25.9 Å². The molecule has 0 unspecified atom stereocenters. The van der Waals surface area contributed by atoms with E-state index in [4.69, 9.17) is 5.73 Å². The largest absolute Gasteiger partial charge is 0.398 e. The summed E-state index contributed by atoms with van der Waals surface area (Å²) in [7, 11) is -1.47. The topological polar surface area (TPSA) is 75.4 Å². The molecule has 0 saturated heterocycles. The van der Waals surface area contributed by atoms with Crippen LogP contribution in [-0.2, 0) is 10.0 Å². The monoisotopic (exact) mass is 311 g/mol. The van der Waals surface area contributed by atoms with E-state index in [2.05, 4.69) is 16.7 Å². The van der Waals surface area contributed by atoms with Crippen molar-refractivity contribution in [3.63, 3.8) is 0 Å². The summed E-state index contributed by atoms with van der Waals surface area (Å²) in [5.74, 6) is 0. The van der Waals surface area contributed by atoms with Crippen molar-refractivity contribution in [2.24, 2.45) is 0 Å². The number of hydrogen-bond donors (Lipinski definition) is 2. The molecule has 21 heavy (non-hydrogen) atoms. The highest BCUT2D eigenvalue weighted by Gasteiger charge is 2.21. The van der Waals surface area contributed by atoms with Gasteiger partial charge < -0.3 is 10.6 Å². The molecule has 6 heteroatoms. The third kappa shape index (κ3) is 4.18. The van der Waals surface area contributed by atoms with Gasteiger partial charge in [-0.2, -0.15) is 0 Å². The van der Waals surface area contributed by atoms with Gasteiger partial charge in [-0.15, -0.1) is 0 Å². The van der Waals surface area contributed by atoms with Crippen molar-refractivity contribution in [2.45, 2.75) is 43.5 Å². The molecule has 0 amide bonds. The third-order valence-corrected chi connectivity index (χ3v) is 5.69. The molecule has 5 nitrogen and oxygen atoms in total. The number of hydrogen-bond acceptors (Lipinski definition) is 4. The van der Waals surface area contributed by atoms with Gasteiger partial charge in [-0.25, -0.2) is 13.1 Å². The highest BCUT2D eigenvalue weighted by Crippen LogP contribution is 2.22. The molecule has 2 rings (SSSR count). The summed E-state index contributed by atoms with van der Waals surface area (Å²) in [6.07, 6.45) is 4.99. The number of nitrogens with two attached hydrogens (primary N) is 1. The summed E-state index contributed by atoms with van der Waals surface area (Å²) in [4.78, 5) is 2.41. The van der Waals surface area contributed by atoms with E-state index in [0.717, 1.165) is 12.1 Å². The van der Waals surface area contributed by atoms with Gasteiger partial charge in [-0.1, -0.05) is 18.9 Å². The van der Waals surface area contributed by atoms with Crippen molar-refractivity contribution in [1.82, 2.24) is 9.62 Å². The minimum atomic E-state index is -3.53. The first-order valence-electron chi connectivity index (χ1n) is 7.46. The molecule has 0 atom stereocenters. The van der Waals surface area contributed by atoms with E-state index in [-0.39, 0.29) is 4.90 Å². The minimum absolute atomic E-state index is 0.164. The van der Waals surface area contributed by atoms with Crippen LogP contribution in [0.3, 0.4) is 0 Å². The lowest BCUT2D eigenvalue weighted by atomic mass is 10.2. The fourth-order valence-corrected chi connectivity index (χ4v) is 4.01. The Kier molecular flexibility index (Phi) is 5.24. The Hall–Kier alpha value is -1.11. The van der Waals surface area contributed by atoms with Crippen molar-refractivity contribution < 1.29 is 8.42 Å². The van der Waals surface area contributed by atoms with Crippen LogP contribution in [0.5, 0.6) is 0 Å². The maximum absolute atomic E-state index is 12.3. The van der Waals surface area contributed by atoms with Crippen LogP contribution in [0.15, 0.2) is 23.1 Å². The summed E-state index contributed by atoms with van der Waals surface area (Å²) < 4.78 is 27.2. The van der Waals surface area contributed by atoms with Crippen LogP contribution in [0.25, 0.3) is 0 Å². The van der Waals surface area contributed by atoms with Gasteiger partial charge in [0.1, 0.15) is 4.90 Å². The molecule has 1 aromatic carbocycles. The van der Waals surface area contributed by atoms with Crippen LogP contribution < -0.4 is 10.5 Å². The van der Waals surface area contributed by atoms with Crippen LogP contribution in [-0.4, -0.2) is 39.5 Å². The molecule has 0 radical (unpaired) electrons. The van der Waals surface area contributed by atoms with Gasteiger partial charge in [0, 0.05) is 19.1 Å². The van der Waals surface area contributed by atoms with Crippen LogP contribution >= 0.6 is 0 Å². The van der Waals surface area contributed by atoms with Gasteiger partial charge >= 0.3 is 0 Å². The summed E-state index contributed by atoms with van der Waals surface area (Å²) in [5, 5.41) is 0. The summed E-state index contributed by atoms with van der Waals surface area (Å²) in [6.45, 7) is 3.01. The molecule has 1 aliphatic rings. The average Bonchev–Trinajstić information content (AvgIpc) is 2.91. The zero-order valence-electron chi connectivity index (χ0n) is 12.8. The number of nitrogen functional groups attached to an aromatic ring is 1. The Morgan fingerprint density at radius 3 is 2.62 bits per heavy atom. The van der Waals surface area contributed by atoms with Crippen LogP contribution in [0.4, 0.5) is 5.69 Å². The molecule has 118 valence electrons. The smallest absolute Gasteiger partial charge is 0.242 e. The Bertz CT molecular complexity index is 581. The Balaban J connectivity index is 1.92.